The Morgan fingerprint density at radius 3 is 2.67 bits per heavy atom. The van der Waals surface area contributed by atoms with Gasteiger partial charge in [-0.2, -0.15) is 11.8 Å². The van der Waals surface area contributed by atoms with Crippen LogP contribution in [0.5, 0.6) is 0 Å². The van der Waals surface area contributed by atoms with E-state index in [2.05, 4.69) is 22.8 Å². The molecule has 3 rings (SSSR count). The molecule has 7 heteroatoms. The van der Waals surface area contributed by atoms with Crippen LogP contribution in [-0.2, 0) is 20.1 Å². The van der Waals surface area contributed by atoms with Crippen LogP contribution in [0.4, 0.5) is 0 Å². The molecule has 2 amide bonds. The summed E-state index contributed by atoms with van der Waals surface area (Å²) in [6.07, 6.45) is 0.631. The Hall–Kier alpha value is -1.57. The molecular weight excluding hydrogens is 362 g/mol. The van der Waals surface area contributed by atoms with Crippen molar-refractivity contribution in [2.45, 2.75) is 12.2 Å². The molecule has 2 heterocycles. The maximum Gasteiger partial charge on any atom is 0.227 e. The van der Waals surface area contributed by atoms with Crippen molar-refractivity contribution in [3.05, 3.63) is 35.9 Å². The summed E-state index contributed by atoms with van der Waals surface area (Å²) < 4.78 is 5.31. The van der Waals surface area contributed by atoms with Crippen molar-refractivity contribution in [1.82, 2.24) is 15.5 Å². The summed E-state index contributed by atoms with van der Waals surface area (Å²) in [5.41, 5.74) is 1.30. The van der Waals surface area contributed by atoms with E-state index in [0.29, 0.717) is 52.4 Å². The van der Waals surface area contributed by atoms with Crippen LogP contribution in [0.3, 0.4) is 0 Å². The third kappa shape index (κ3) is 6.23. The van der Waals surface area contributed by atoms with Crippen LogP contribution in [0.25, 0.3) is 0 Å². The maximum absolute atomic E-state index is 12.7. The van der Waals surface area contributed by atoms with E-state index in [-0.39, 0.29) is 23.7 Å². The van der Waals surface area contributed by atoms with Crippen molar-refractivity contribution in [2.75, 3.05) is 51.7 Å². The number of thioether (sulfide) groups is 1. The van der Waals surface area contributed by atoms with E-state index in [1.165, 1.54) is 5.56 Å². The highest BCUT2D eigenvalue weighted by Gasteiger charge is 2.33. The SMILES string of the molecule is O=C(NCCSCc1ccccc1)[C@H]1CNC[C@@H](C(=O)N2CCOCC2)C1. The second-order valence-electron chi connectivity index (χ2n) is 7.05. The fourth-order valence-electron chi connectivity index (χ4n) is 3.53. The van der Waals surface area contributed by atoms with E-state index in [4.69, 9.17) is 4.74 Å². The molecule has 0 aliphatic carbocycles. The molecule has 0 radical (unpaired) electrons. The fraction of sp³-hybridized carbons (Fsp3) is 0.600. The molecule has 148 valence electrons. The summed E-state index contributed by atoms with van der Waals surface area (Å²) in [5.74, 6) is 1.81. The molecule has 1 aromatic carbocycles. The van der Waals surface area contributed by atoms with E-state index in [0.717, 1.165) is 11.5 Å². The van der Waals surface area contributed by atoms with Gasteiger partial charge in [-0.3, -0.25) is 9.59 Å². The zero-order chi connectivity index (χ0) is 18.9. The molecule has 2 aliphatic rings. The van der Waals surface area contributed by atoms with Crippen molar-refractivity contribution in [3.63, 3.8) is 0 Å². The topological polar surface area (TPSA) is 70.7 Å². The van der Waals surface area contributed by atoms with Crippen LogP contribution >= 0.6 is 11.8 Å². The van der Waals surface area contributed by atoms with E-state index < -0.39 is 0 Å². The van der Waals surface area contributed by atoms with Crippen molar-refractivity contribution >= 4 is 23.6 Å². The van der Waals surface area contributed by atoms with Crippen molar-refractivity contribution < 1.29 is 14.3 Å². The van der Waals surface area contributed by atoms with Gasteiger partial charge >= 0.3 is 0 Å². The number of hydrogen-bond acceptors (Lipinski definition) is 5. The molecule has 2 atom stereocenters. The van der Waals surface area contributed by atoms with Crippen LogP contribution in [0.2, 0.25) is 0 Å². The largest absolute Gasteiger partial charge is 0.378 e. The Morgan fingerprint density at radius 1 is 1.15 bits per heavy atom. The maximum atomic E-state index is 12.7. The van der Waals surface area contributed by atoms with Gasteiger partial charge in [-0.05, 0) is 12.0 Å². The van der Waals surface area contributed by atoms with Crippen LogP contribution in [0.1, 0.15) is 12.0 Å². The summed E-state index contributed by atoms with van der Waals surface area (Å²) >= 11 is 1.82. The highest BCUT2D eigenvalue weighted by molar-refractivity contribution is 7.98. The molecule has 2 aliphatic heterocycles. The Morgan fingerprint density at radius 2 is 1.89 bits per heavy atom. The summed E-state index contributed by atoms with van der Waals surface area (Å²) in [4.78, 5) is 27.0. The monoisotopic (exact) mass is 391 g/mol. The Labute approximate surface area is 165 Å². The molecular formula is C20H29N3O3S. The molecule has 2 saturated heterocycles. The summed E-state index contributed by atoms with van der Waals surface area (Å²) in [5, 5.41) is 6.30. The molecule has 0 bridgehead atoms. The summed E-state index contributed by atoms with van der Waals surface area (Å²) in [6, 6.07) is 10.3. The van der Waals surface area contributed by atoms with E-state index in [1.54, 1.807) is 0 Å². The molecule has 1 aromatic rings. The smallest absolute Gasteiger partial charge is 0.227 e. The van der Waals surface area contributed by atoms with Gasteiger partial charge in [0.25, 0.3) is 0 Å². The summed E-state index contributed by atoms with van der Waals surface area (Å²) in [7, 11) is 0. The lowest BCUT2D eigenvalue weighted by atomic mass is 9.88. The highest BCUT2D eigenvalue weighted by Crippen LogP contribution is 2.20. The van der Waals surface area contributed by atoms with Crippen molar-refractivity contribution in [3.8, 4) is 0 Å². The lowest BCUT2D eigenvalue weighted by Crippen LogP contribution is -2.51. The molecule has 0 unspecified atom stereocenters. The van der Waals surface area contributed by atoms with Crippen LogP contribution in [0.15, 0.2) is 30.3 Å². The van der Waals surface area contributed by atoms with Gasteiger partial charge in [0.15, 0.2) is 0 Å². The van der Waals surface area contributed by atoms with Gasteiger partial charge < -0.3 is 20.3 Å². The number of nitrogens with one attached hydrogen (secondary N) is 2. The van der Waals surface area contributed by atoms with Gasteiger partial charge in [0.2, 0.25) is 11.8 Å². The Bertz CT molecular complexity index is 608. The first-order valence-corrected chi connectivity index (χ1v) is 10.9. The zero-order valence-electron chi connectivity index (χ0n) is 15.7. The number of ether oxygens (including phenoxy) is 1. The van der Waals surface area contributed by atoms with Gasteiger partial charge in [0.1, 0.15) is 0 Å². The molecule has 2 N–H and O–H groups in total. The molecule has 2 fully saturated rings. The predicted molar refractivity (Wildman–Crippen MR) is 107 cm³/mol. The van der Waals surface area contributed by atoms with Gasteiger partial charge in [-0.25, -0.2) is 0 Å². The van der Waals surface area contributed by atoms with Crippen molar-refractivity contribution in [2.24, 2.45) is 11.8 Å². The molecule has 27 heavy (non-hydrogen) atoms. The van der Waals surface area contributed by atoms with Crippen molar-refractivity contribution in [1.29, 1.82) is 0 Å². The second-order valence-corrected chi connectivity index (χ2v) is 8.16. The lowest BCUT2D eigenvalue weighted by molar-refractivity contribution is -0.141. The summed E-state index contributed by atoms with van der Waals surface area (Å²) in [6.45, 7) is 4.50. The van der Waals surface area contributed by atoms with Gasteiger partial charge in [-0.1, -0.05) is 30.3 Å². The predicted octanol–water partition coefficient (Wildman–Crippen LogP) is 1.12. The minimum atomic E-state index is -0.132. The second kappa shape index (κ2) is 10.7. The normalized spacial score (nSPS) is 23.0. The minimum absolute atomic E-state index is 0.0577. The average molecular weight is 392 g/mol. The number of nitrogens with zero attached hydrogens (tertiary/aromatic N) is 1. The fourth-order valence-corrected chi connectivity index (χ4v) is 4.35. The van der Waals surface area contributed by atoms with Gasteiger partial charge in [0, 0.05) is 44.2 Å². The number of morpholine rings is 1. The van der Waals surface area contributed by atoms with Gasteiger partial charge in [-0.15, -0.1) is 0 Å². The highest BCUT2D eigenvalue weighted by atomic mass is 32.2. The third-order valence-corrected chi connectivity index (χ3v) is 6.08. The first-order valence-electron chi connectivity index (χ1n) is 9.70. The third-order valence-electron chi connectivity index (χ3n) is 5.05. The first kappa shape index (κ1) is 20.2. The van der Waals surface area contributed by atoms with Crippen LogP contribution < -0.4 is 10.6 Å². The molecule has 0 spiro atoms. The Kier molecular flexibility index (Phi) is 7.98. The Balaban J connectivity index is 1.36. The van der Waals surface area contributed by atoms with E-state index in [9.17, 15) is 9.59 Å². The minimum Gasteiger partial charge on any atom is -0.378 e. The first-order chi connectivity index (χ1) is 13.2. The standard InChI is InChI=1S/C20H29N3O3S/c24-19(22-6-11-27-15-16-4-2-1-3-5-16)17-12-18(14-21-13-17)20(25)23-7-9-26-10-8-23/h1-5,17-18,21H,6-15H2,(H,22,24)/t17-,18+/m1/s1. The number of piperidine rings is 1. The van der Waals surface area contributed by atoms with Crippen LogP contribution in [0, 0.1) is 11.8 Å². The van der Waals surface area contributed by atoms with Crippen LogP contribution in [-0.4, -0.2) is 68.4 Å². The van der Waals surface area contributed by atoms with E-state index in [1.807, 2.05) is 34.9 Å². The number of hydrogen-bond donors (Lipinski definition) is 2. The number of amides is 2. The van der Waals surface area contributed by atoms with Gasteiger partial charge in [0.05, 0.1) is 25.0 Å². The number of benzene rings is 1. The average Bonchev–Trinajstić information content (AvgIpc) is 2.74. The number of rotatable bonds is 7. The lowest BCUT2D eigenvalue weighted by Gasteiger charge is -2.34. The number of carbonyl (C=O) groups excluding carboxylic acids is 2. The molecule has 0 saturated carbocycles. The molecule has 6 nitrogen and oxygen atoms in total. The quantitative estimate of drug-likeness (QED) is 0.682. The molecule has 0 aromatic heterocycles. The number of carbonyl (C=O) groups is 2. The zero-order valence-corrected chi connectivity index (χ0v) is 16.5. The van der Waals surface area contributed by atoms with E-state index >= 15 is 0 Å².